The summed E-state index contributed by atoms with van der Waals surface area (Å²) in [4.78, 5) is 4.97. The third-order valence-electron chi connectivity index (χ3n) is 5.13. The van der Waals surface area contributed by atoms with Gasteiger partial charge < -0.3 is 9.14 Å². The molecule has 140 valence electrons. The number of fused-ring (bicyclic) bond motifs is 1. The molecule has 0 amide bonds. The number of pyridine rings is 1. The number of benzene rings is 3. The largest absolute Gasteiger partial charge is 0.497 e. The summed E-state index contributed by atoms with van der Waals surface area (Å²) in [7, 11) is 1.68. The Morgan fingerprint density at radius 3 is 1.97 bits per heavy atom. The molecule has 0 spiro atoms. The first kappa shape index (κ1) is 17.3. The number of aromatic nitrogens is 2. The van der Waals surface area contributed by atoms with E-state index in [1.165, 1.54) is 5.56 Å². The van der Waals surface area contributed by atoms with Crippen LogP contribution in [0.5, 0.6) is 5.75 Å². The van der Waals surface area contributed by atoms with Crippen molar-refractivity contribution in [1.82, 2.24) is 9.38 Å². The Morgan fingerprint density at radius 1 is 0.655 bits per heavy atom. The molecule has 0 N–H and O–H groups in total. The normalized spacial score (nSPS) is 10.9. The molecule has 2 heterocycles. The lowest BCUT2D eigenvalue weighted by molar-refractivity contribution is 0.415. The van der Waals surface area contributed by atoms with Crippen molar-refractivity contribution in [3.63, 3.8) is 0 Å². The van der Waals surface area contributed by atoms with Gasteiger partial charge in [0.15, 0.2) is 0 Å². The molecular formula is C26H20N2O. The Kier molecular flexibility index (Phi) is 4.34. The van der Waals surface area contributed by atoms with Gasteiger partial charge in [-0.25, -0.2) is 4.98 Å². The van der Waals surface area contributed by atoms with Crippen LogP contribution < -0.4 is 4.74 Å². The molecule has 0 radical (unpaired) electrons. The molecule has 3 heteroatoms. The Hall–Kier alpha value is -3.85. The minimum absolute atomic E-state index is 0.842. The van der Waals surface area contributed by atoms with Crippen LogP contribution in [0.25, 0.3) is 39.2 Å². The fourth-order valence-corrected chi connectivity index (χ4v) is 3.62. The first-order valence-corrected chi connectivity index (χ1v) is 9.60. The molecule has 0 saturated heterocycles. The van der Waals surface area contributed by atoms with E-state index in [2.05, 4.69) is 71.4 Å². The SMILES string of the molecule is COc1ccc(-c2cn3cc(-c4ccccc4)cc(-c4ccccc4)c3n2)cc1. The summed E-state index contributed by atoms with van der Waals surface area (Å²) >= 11 is 0. The summed E-state index contributed by atoms with van der Waals surface area (Å²) < 4.78 is 7.41. The number of rotatable bonds is 4. The molecule has 0 atom stereocenters. The molecule has 0 saturated carbocycles. The first-order chi connectivity index (χ1) is 14.3. The number of imidazole rings is 1. The molecule has 0 unspecified atom stereocenters. The molecule has 0 bridgehead atoms. The number of nitrogens with zero attached hydrogens (tertiary/aromatic N) is 2. The lowest BCUT2D eigenvalue weighted by atomic mass is 10.0. The Balaban J connectivity index is 1.72. The average molecular weight is 376 g/mol. The highest BCUT2D eigenvalue weighted by molar-refractivity contribution is 5.84. The highest BCUT2D eigenvalue weighted by Crippen LogP contribution is 2.32. The van der Waals surface area contributed by atoms with Gasteiger partial charge in [0.05, 0.1) is 12.8 Å². The quantitative estimate of drug-likeness (QED) is 0.366. The molecule has 3 aromatic carbocycles. The van der Waals surface area contributed by atoms with Crippen molar-refractivity contribution in [2.45, 2.75) is 0 Å². The van der Waals surface area contributed by atoms with Gasteiger partial charge in [-0.2, -0.15) is 0 Å². The summed E-state index contributed by atoms with van der Waals surface area (Å²) in [5, 5.41) is 0. The van der Waals surface area contributed by atoms with Gasteiger partial charge in [-0.1, -0.05) is 60.7 Å². The summed E-state index contributed by atoms with van der Waals surface area (Å²) in [6.07, 6.45) is 4.24. The monoisotopic (exact) mass is 376 g/mol. The Bertz CT molecular complexity index is 1260. The van der Waals surface area contributed by atoms with Gasteiger partial charge in [0.1, 0.15) is 11.4 Å². The Labute approximate surface area is 169 Å². The van der Waals surface area contributed by atoms with Gasteiger partial charge >= 0.3 is 0 Å². The van der Waals surface area contributed by atoms with Crippen molar-refractivity contribution in [3.05, 3.63) is 103 Å². The standard InChI is InChI=1S/C26H20N2O/c1-29-23-14-12-21(13-15-23)25-18-28-17-22(19-8-4-2-5-9-19)16-24(26(28)27-25)20-10-6-3-7-11-20/h2-18H,1H3. The zero-order valence-electron chi connectivity index (χ0n) is 16.1. The van der Waals surface area contributed by atoms with Crippen LogP contribution in [0.4, 0.5) is 0 Å². The maximum absolute atomic E-state index is 5.28. The van der Waals surface area contributed by atoms with Crippen LogP contribution in [-0.2, 0) is 0 Å². The van der Waals surface area contributed by atoms with E-state index in [4.69, 9.17) is 9.72 Å². The van der Waals surface area contributed by atoms with Crippen LogP contribution in [-0.4, -0.2) is 16.5 Å². The first-order valence-electron chi connectivity index (χ1n) is 9.60. The number of methoxy groups -OCH3 is 1. The minimum Gasteiger partial charge on any atom is -0.497 e. The topological polar surface area (TPSA) is 26.5 Å². The number of hydrogen-bond donors (Lipinski definition) is 0. The predicted octanol–water partition coefficient (Wildman–Crippen LogP) is 6.34. The van der Waals surface area contributed by atoms with Gasteiger partial charge in [0.25, 0.3) is 0 Å². The fourth-order valence-electron chi connectivity index (χ4n) is 3.62. The second kappa shape index (κ2) is 7.28. The zero-order valence-corrected chi connectivity index (χ0v) is 16.1. The van der Waals surface area contributed by atoms with Crippen molar-refractivity contribution in [2.24, 2.45) is 0 Å². The van der Waals surface area contributed by atoms with Crippen molar-refractivity contribution in [3.8, 4) is 39.3 Å². The van der Waals surface area contributed by atoms with E-state index in [1.54, 1.807) is 7.11 Å². The summed E-state index contributed by atoms with van der Waals surface area (Å²) in [5.41, 5.74) is 7.57. The zero-order chi connectivity index (χ0) is 19.6. The van der Waals surface area contributed by atoms with E-state index in [-0.39, 0.29) is 0 Å². The molecule has 0 aliphatic carbocycles. The lowest BCUT2D eigenvalue weighted by Gasteiger charge is -2.09. The summed E-state index contributed by atoms with van der Waals surface area (Å²) in [6.45, 7) is 0. The van der Waals surface area contributed by atoms with Gasteiger partial charge in [0.2, 0.25) is 0 Å². The third-order valence-corrected chi connectivity index (χ3v) is 5.13. The van der Waals surface area contributed by atoms with E-state index in [0.717, 1.165) is 39.3 Å². The Morgan fingerprint density at radius 2 is 1.31 bits per heavy atom. The molecule has 5 aromatic rings. The molecule has 29 heavy (non-hydrogen) atoms. The summed E-state index contributed by atoms with van der Waals surface area (Å²) in [5.74, 6) is 0.842. The average Bonchev–Trinajstić information content (AvgIpc) is 3.24. The van der Waals surface area contributed by atoms with Crippen LogP contribution >= 0.6 is 0 Å². The second-order valence-corrected chi connectivity index (χ2v) is 6.96. The van der Waals surface area contributed by atoms with Crippen LogP contribution in [0, 0.1) is 0 Å². The van der Waals surface area contributed by atoms with Crippen LogP contribution in [0.1, 0.15) is 0 Å². The van der Waals surface area contributed by atoms with Crippen LogP contribution in [0.3, 0.4) is 0 Å². The molecule has 0 aliphatic heterocycles. The van der Waals surface area contributed by atoms with E-state index in [9.17, 15) is 0 Å². The second-order valence-electron chi connectivity index (χ2n) is 6.96. The molecule has 2 aromatic heterocycles. The maximum atomic E-state index is 5.28. The van der Waals surface area contributed by atoms with Crippen molar-refractivity contribution in [2.75, 3.05) is 7.11 Å². The predicted molar refractivity (Wildman–Crippen MR) is 118 cm³/mol. The molecule has 5 rings (SSSR count). The van der Waals surface area contributed by atoms with E-state index >= 15 is 0 Å². The molecule has 3 nitrogen and oxygen atoms in total. The summed E-state index contributed by atoms with van der Waals surface area (Å²) in [6, 6.07) is 31.1. The number of ether oxygens (including phenoxy) is 1. The molecule has 0 fully saturated rings. The van der Waals surface area contributed by atoms with Crippen molar-refractivity contribution < 1.29 is 4.74 Å². The van der Waals surface area contributed by atoms with E-state index in [1.807, 2.05) is 36.4 Å². The lowest BCUT2D eigenvalue weighted by Crippen LogP contribution is -1.90. The maximum Gasteiger partial charge on any atom is 0.145 e. The smallest absolute Gasteiger partial charge is 0.145 e. The number of hydrogen-bond acceptors (Lipinski definition) is 2. The van der Waals surface area contributed by atoms with Gasteiger partial charge in [-0.15, -0.1) is 0 Å². The highest BCUT2D eigenvalue weighted by Gasteiger charge is 2.12. The fraction of sp³-hybridized carbons (Fsp3) is 0.0385. The molecule has 0 aliphatic rings. The molecular weight excluding hydrogens is 356 g/mol. The minimum atomic E-state index is 0.842. The van der Waals surface area contributed by atoms with Gasteiger partial charge in [-0.05, 0) is 47.0 Å². The highest BCUT2D eigenvalue weighted by atomic mass is 16.5. The van der Waals surface area contributed by atoms with Gasteiger partial charge in [-0.3, -0.25) is 0 Å². The van der Waals surface area contributed by atoms with E-state index in [0.29, 0.717) is 0 Å². The van der Waals surface area contributed by atoms with Crippen LogP contribution in [0.15, 0.2) is 103 Å². The van der Waals surface area contributed by atoms with E-state index < -0.39 is 0 Å². The van der Waals surface area contributed by atoms with Gasteiger partial charge in [0, 0.05) is 23.5 Å². The third kappa shape index (κ3) is 3.27. The van der Waals surface area contributed by atoms with Crippen LogP contribution in [0.2, 0.25) is 0 Å². The van der Waals surface area contributed by atoms with Crippen molar-refractivity contribution >= 4 is 5.65 Å². The van der Waals surface area contributed by atoms with Crippen molar-refractivity contribution in [1.29, 1.82) is 0 Å².